The lowest BCUT2D eigenvalue weighted by Gasteiger charge is -2.25. The molecule has 0 spiro atoms. The molecule has 2 N–H and O–H groups in total. The molecule has 0 bridgehead atoms. The van der Waals surface area contributed by atoms with E-state index in [2.05, 4.69) is 9.88 Å². The van der Waals surface area contributed by atoms with Crippen LogP contribution in [0, 0.1) is 12.7 Å². The molecule has 1 aromatic heterocycles. The average Bonchev–Trinajstić information content (AvgIpc) is 3.14. The van der Waals surface area contributed by atoms with Crippen LogP contribution >= 0.6 is 0 Å². The van der Waals surface area contributed by atoms with E-state index in [0.717, 1.165) is 29.1 Å². The van der Waals surface area contributed by atoms with Gasteiger partial charge < -0.3 is 5.73 Å². The number of nitrogens with zero attached hydrogens (tertiary/aromatic N) is 4. The second-order valence-electron chi connectivity index (χ2n) is 7.32. The number of aromatic nitrogens is 1. The fourth-order valence-electron chi connectivity index (χ4n) is 3.75. The summed E-state index contributed by atoms with van der Waals surface area (Å²) in [5.41, 5.74) is 7.61. The summed E-state index contributed by atoms with van der Waals surface area (Å²) in [5.74, 6) is -0.697. The summed E-state index contributed by atoms with van der Waals surface area (Å²) in [5, 5.41) is 1.38. The molecule has 0 aliphatic carbocycles. The first-order valence-electron chi connectivity index (χ1n) is 9.67. The van der Waals surface area contributed by atoms with Crippen LogP contribution in [-0.2, 0) is 16.2 Å². The molecule has 9 heteroatoms. The van der Waals surface area contributed by atoms with E-state index in [9.17, 15) is 14.0 Å². The number of anilines is 2. The van der Waals surface area contributed by atoms with Gasteiger partial charge in [0.15, 0.2) is 0 Å². The number of urea groups is 1. The zero-order chi connectivity index (χ0) is 21.8. The number of hydrogen-bond donors (Lipinski definition) is 1. The van der Waals surface area contributed by atoms with Crippen molar-refractivity contribution in [3.8, 4) is 0 Å². The van der Waals surface area contributed by atoms with E-state index in [-0.39, 0.29) is 17.6 Å². The number of pyridine rings is 1. The summed E-state index contributed by atoms with van der Waals surface area (Å²) in [6, 6.07) is 7.19. The molecule has 2 aromatic rings. The maximum Gasteiger partial charge on any atom is 0.324 e. The predicted molar refractivity (Wildman–Crippen MR) is 110 cm³/mol. The van der Waals surface area contributed by atoms with Crippen LogP contribution in [0.4, 0.5) is 20.6 Å². The van der Waals surface area contributed by atoms with Gasteiger partial charge in [0.05, 0.1) is 30.7 Å². The summed E-state index contributed by atoms with van der Waals surface area (Å²) in [4.78, 5) is 36.4. The van der Waals surface area contributed by atoms with Crippen molar-refractivity contribution in [3.05, 3.63) is 53.6 Å². The number of hydrogen-bond acceptors (Lipinski definition) is 5. The number of likely N-dealkylation sites (tertiary alicyclic amines) is 1. The highest BCUT2D eigenvalue weighted by molar-refractivity contribution is 5.98. The lowest BCUT2D eigenvalue weighted by atomic mass is 10.1. The van der Waals surface area contributed by atoms with Crippen LogP contribution in [0.5, 0.6) is 0 Å². The summed E-state index contributed by atoms with van der Waals surface area (Å²) >= 11 is 0. The molecule has 1 aliphatic heterocycles. The number of primary amides is 1. The zero-order valence-corrected chi connectivity index (χ0v) is 17.3. The van der Waals surface area contributed by atoms with Gasteiger partial charge in [-0.25, -0.2) is 14.2 Å². The number of carbonyl (C=O) groups excluding carboxylic acids is 2. The van der Waals surface area contributed by atoms with Gasteiger partial charge in [-0.05, 0) is 43.2 Å². The largest absolute Gasteiger partial charge is 0.351 e. The lowest BCUT2D eigenvalue weighted by molar-refractivity contribution is -0.184. The Morgan fingerprint density at radius 2 is 2.10 bits per heavy atom. The van der Waals surface area contributed by atoms with Crippen LogP contribution in [0.3, 0.4) is 0 Å². The molecule has 1 unspecified atom stereocenters. The second-order valence-corrected chi connectivity index (χ2v) is 7.32. The number of hydroxylamine groups is 2. The minimum absolute atomic E-state index is 0.0341. The molecule has 1 fully saturated rings. The van der Waals surface area contributed by atoms with E-state index in [1.165, 1.54) is 31.4 Å². The molecule has 160 valence electrons. The van der Waals surface area contributed by atoms with Crippen LogP contribution in [0.1, 0.15) is 24.6 Å². The van der Waals surface area contributed by atoms with Crippen molar-refractivity contribution in [1.82, 2.24) is 14.9 Å². The Hall–Kier alpha value is -3.04. The van der Waals surface area contributed by atoms with E-state index in [0.29, 0.717) is 18.8 Å². The Balaban J connectivity index is 1.80. The van der Waals surface area contributed by atoms with Gasteiger partial charge in [-0.1, -0.05) is 6.07 Å². The molecule has 30 heavy (non-hydrogen) atoms. The molecule has 8 nitrogen and oxygen atoms in total. The average molecular weight is 415 g/mol. The maximum absolute atomic E-state index is 14.6. The molecule has 0 radical (unpaired) electrons. The van der Waals surface area contributed by atoms with E-state index in [4.69, 9.17) is 10.6 Å². The van der Waals surface area contributed by atoms with Crippen molar-refractivity contribution in [2.75, 3.05) is 25.1 Å². The number of nitrogens with two attached hydrogens (primary N) is 1. The van der Waals surface area contributed by atoms with Crippen LogP contribution in [0.2, 0.25) is 0 Å². The van der Waals surface area contributed by atoms with Crippen molar-refractivity contribution < 1.29 is 18.8 Å². The first-order chi connectivity index (χ1) is 14.3. The zero-order valence-electron chi connectivity index (χ0n) is 17.3. The number of halogens is 1. The molecule has 1 aromatic carbocycles. The van der Waals surface area contributed by atoms with Crippen LogP contribution in [0.25, 0.3) is 0 Å². The normalized spacial score (nSPS) is 16.5. The van der Waals surface area contributed by atoms with Crippen molar-refractivity contribution >= 4 is 23.3 Å². The monoisotopic (exact) mass is 415 g/mol. The molecule has 0 saturated carbocycles. The van der Waals surface area contributed by atoms with Gasteiger partial charge in [-0.15, -0.1) is 0 Å². The Morgan fingerprint density at radius 3 is 2.70 bits per heavy atom. The highest BCUT2D eigenvalue weighted by Gasteiger charge is 2.30. The number of rotatable bonds is 6. The van der Waals surface area contributed by atoms with E-state index >= 15 is 0 Å². The minimum atomic E-state index is -0.796. The summed E-state index contributed by atoms with van der Waals surface area (Å²) < 4.78 is 14.6. The van der Waals surface area contributed by atoms with Gasteiger partial charge in [-0.2, -0.15) is 0 Å². The topological polar surface area (TPSA) is 92.0 Å². The minimum Gasteiger partial charge on any atom is -0.351 e. The van der Waals surface area contributed by atoms with Crippen LogP contribution in [0.15, 0.2) is 36.5 Å². The quantitative estimate of drug-likeness (QED) is 0.733. The van der Waals surface area contributed by atoms with Gasteiger partial charge in [0, 0.05) is 32.3 Å². The smallest absolute Gasteiger partial charge is 0.324 e. The third-order valence-electron chi connectivity index (χ3n) is 5.12. The standard InChI is InChI=1S/C21H26FN5O3/c1-14-4-6-17(11-24-14)26(21(23)29)20-10-16(5-7-19(20)22)12-25-9-8-18(13-25)27(30-3)15(2)28/h4-7,10-11,18H,8-9,12-13H2,1-3H3,(H2,23,29). The van der Waals surface area contributed by atoms with Crippen molar-refractivity contribution in [2.24, 2.45) is 5.73 Å². The first kappa shape index (κ1) is 21.7. The molecule has 1 aliphatic rings. The SMILES string of the molecule is CON(C(C)=O)C1CCN(Cc2ccc(F)c(N(C(N)=O)c3ccc(C)nc3)c2)C1. The van der Waals surface area contributed by atoms with Crippen molar-refractivity contribution in [1.29, 1.82) is 0 Å². The number of amides is 3. The van der Waals surface area contributed by atoms with Crippen LogP contribution in [-0.4, -0.2) is 53.1 Å². The molecule has 2 heterocycles. The summed E-state index contributed by atoms with van der Waals surface area (Å²) in [6.07, 6.45) is 2.27. The maximum atomic E-state index is 14.6. The predicted octanol–water partition coefficient (Wildman–Crippen LogP) is 2.73. The molecule has 3 amide bonds. The van der Waals surface area contributed by atoms with Gasteiger partial charge in [0.2, 0.25) is 5.91 Å². The molecule has 1 atom stereocenters. The third kappa shape index (κ3) is 4.74. The summed E-state index contributed by atoms with van der Waals surface area (Å²) in [7, 11) is 1.48. The summed E-state index contributed by atoms with van der Waals surface area (Å²) in [6.45, 7) is 5.24. The third-order valence-corrected chi connectivity index (χ3v) is 5.12. The molecular formula is C21H26FN5O3. The number of carbonyl (C=O) groups is 2. The fourth-order valence-corrected chi connectivity index (χ4v) is 3.75. The number of aryl methyl sites for hydroxylation is 1. The Kier molecular flexibility index (Phi) is 6.63. The van der Waals surface area contributed by atoms with E-state index < -0.39 is 11.8 Å². The van der Waals surface area contributed by atoms with Crippen LogP contribution < -0.4 is 10.6 Å². The molecular weight excluding hydrogens is 389 g/mol. The highest BCUT2D eigenvalue weighted by Crippen LogP contribution is 2.29. The van der Waals surface area contributed by atoms with E-state index in [1.807, 2.05) is 6.92 Å². The molecule has 3 rings (SSSR count). The van der Waals surface area contributed by atoms with Gasteiger partial charge >= 0.3 is 6.03 Å². The molecule has 1 saturated heterocycles. The Labute approximate surface area is 175 Å². The Morgan fingerprint density at radius 1 is 1.33 bits per heavy atom. The fraction of sp³-hybridized carbons (Fsp3) is 0.381. The lowest BCUT2D eigenvalue weighted by Crippen LogP contribution is -2.39. The number of benzene rings is 1. The van der Waals surface area contributed by atoms with Gasteiger partial charge in [0.1, 0.15) is 5.82 Å². The van der Waals surface area contributed by atoms with Crippen molar-refractivity contribution in [3.63, 3.8) is 0 Å². The Bertz CT molecular complexity index is 921. The van der Waals surface area contributed by atoms with Crippen molar-refractivity contribution in [2.45, 2.75) is 32.9 Å². The highest BCUT2D eigenvalue weighted by atomic mass is 19.1. The van der Waals surface area contributed by atoms with Gasteiger partial charge in [0.25, 0.3) is 0 Å². The van der Waals surface area contributed by atoms with Gasteiger partial charge in [-0.3, -0.25) is 24.4 Å². The first-order valence-corrected chi connectivity index (χ1v) is 9.67. The second kappa shape index (κ2) is 9.19. The van der Waals surface area contributed by atoms with E-state index in [1.54, 1.807) is 24.3 Å².